The first-order valence-corrected chi connectivity index (χ1v) is 6.50. The third-order valence-corrected chi connectivity index (χ3v) is 3.36. The van der Waals surface area contributed by atoms with Gasteiger partial charge in [-0.05, 0) is 24.3 Å². The molecule has 2 rings (SSSR count). The molecule has 2 nitrogen and oxygen atoms in total. The number of hydrogen-bond acceptors (Lipinski definition) is 2. The number of nitrogens with zero attached hydrogens (tertiary/aromatic N) is 1. The lowest BCUT2D eigenvalue weighted by atomic mass is 10.1. The molecule has 0 unspecified atom stereocenters. The van der Waals surface area contributed by atoms with Crippen molar-refractivity contribution in [2.45, 2.75) is 6.61 Å². The summed E-state index contributed by atoms with van der Waals surface area (Å²) in [4.78, 5) is 0. The Hall–Kier alpha value is -1.40. The van der Waals surface area contributed by atoms with Crippen LogP contribution in [-0.2, 0) is 6.61 Å². The number of ether oxygens (including phenoxy) is 1. The molecule has 0 aliphatic heterocycles. The van der Waals surface area contributed by atoms with Gasteiger partial charge in [0.2, 0.25) is 0 Å². The van der Waals surface area contributed by atoms with Gasteiger partial charge in [-0.2, -0.15) is 5.26 Å². The average molecular weight is 313 g/mol. The van der Waals surface area contributed by atoms with Crippen molar-refractivity contribution in [1.29, 1.82) is 5.26 Å². The summed E-state index contributed by atoms with van der Waals surface area (Å²) in [7, 11) is 0. The minimum Gasteiger partial charge on any atom is -0.487 e. The Bertz CT molecular complexity index is 650. The molecule has 2 aromatic rings. The van der Waals surface area contributed by atoms with Crippen LogP contribution in [0.1, 0.15) is 11.1 Å². The maximum Gasteiger partial charge on any atom is 0.139 e. The van der Waals surface area contributed by atoms with Gasteiger partial charge >= 0.3 is 0 Å². The summed E-state index contributed by atoms with van der Waals surface area (Å²) in [6.45, 7) is 0.255. The van der Waals surface area contributed by atoms with Gasteiger partial charge in [-0.25, -0.2) is 0 Å². The SMILES string of the molecule is N#Cc1ccc(COc2cc(Cl)ccc2Cl)c(Cl)c1. The molecule has 0 aliphatic carbocycles. The summed E-state index contributed by atoms with van der Waals surface area (Å²) in [6.07, 6.45) is 0. The number of halogens is 3. The van der Waals surface area contributed by atoms with Gasteiger partial charge < -0.3 is 4.74 Å². The zero-order valence-electron chi connectivity index (χ0n) is 9.66. The molecule has 0 saturated carbocycles. The average Bonchev–Trinajstić information content (AvgIpc) is 2.40. The number of rotatable bonds is 3. The van der Waals surface area contributed by atoms with E-state index in [9.17, 15) is 0 Å². The third-order valence-electron chi connectivity index (χ3n) is 2.46. The largest absolute Gasteiger partial charge is 0.487 e. The summed E-state index contributed by atoms with van der Waals surface area (Å²) in [5.41, 5.74) is 1.28. The molecule has 19 heavy (non-hydrogen) atoms. The summed E-state index contributed by atoms with van der Waals surface area (Å²) in [5.74, 6) is 0.495. The fourth-order valence-corrected chi connectivity index (χ4v) is 2.05. The summed E-state index contributed by atoms with van der Waals surface area (Å²) >= 11 is 17.9. The van der Waals surface area contributed by atoms with Crippen LogP contribution in [0.3, 0.4) is 0 Å². The fourth-order valence-electron chi connectivity index (χ4n) is 1.48. The van der Waals surface area contributed by atoms with E-state index >= 15 is 0 Å². The molecule has 0 fully saturated rings. The van der Waals surface area contributed by atoms with E-state index in [1.807, 2.05) is 6.07 Å². The van der Waals surface area contributed by atoms with Gasteiger partial charge in [-0.1, -0.05) is 40.9 Å². The second-order valence-electron chi connectivity index (χ2n) is 3.78. The van der Waals surface area contributed by atoms with Crippen molar-refractivity contribution in [3.05, 3.63) is 62.6 Å². The first-order valence-electron chi connectivity index (χ1n) is 5.36. The topological polar surface area (TPSA) is 33.0 Å². The van der Waals surface area contributed by atoms with Gasteiger partial charge in [-0.15, -0.1) is 0 Å². The highest BCUT2D eigenvalue weighted by atomic mass is 35.5. The van der Waals surface area contributed by atoms with E-state index in [1.54, 1.807) is 36.4 Å². The van der Waals surface area contributed by atoms with Crippen LogP contribution in [0, 0.1) is 11.3 Å². The van der Waals surface area contributed by atoms with Gasteiger partial charge in [-0.3, -0.25) is 0 Å². The Kier molecular flexibility index (Phi) is 4.55. The lowest BCUT2D eigenvalue weighted by molar-refractivity contribution is 0.306. The van der Waals surface area contributed by atoms with Crippen molar-refractivity contribution in [3.63, 3.8) is 0 Å². The fraction of sp³-hybridized carbons (Fsp3) is 0.0714. The summed E-state index contributed by atoms with van der Waals surface area (Å²) in [6, 6.07) is 12.0. The minimum absolute atomic E-state index is 0.255. The maximum atomic E-state index is 8.76. The summed E-state index contributed by atoms with van der Waals surface area (Å²) in [5, 5.41) is 10.3. The lowest BCUT2D eigenvalue weighted by Gasteiger charge is -2.09. The van der Waals surface area contributed by atoms with Gasteiger partial charge in [0, 0.05) is 21.7 Å². The van der Waals surface area contributed by atoms with Gasteiger partial charge in [0.05, 0.1) is 16.7 Å². The Labute approximate surface area is 126 Å². The van der Waals surface area contributed by atoms with Crippen LogP contribution in [0.2, 0.25) is 15.1 Å². The first-order chi connectivity index (χ1) is 9.10. The van der Waals surface area contributed by atoms with E-state index in [2.05, 4.69) is 0 Å². The van der Waals surface area contributed by atoms with Crippen molar-refractivity contribution < 1.29 is 4.74 Å². The van der Waals surface area contributed by atoms with Crippen molar-refractivity contribution in [2.75, 3.05) is 0 Å². The van der Waals surface area contributed by atoms with E-state index in [4.69, 9.17) is 44.8 Å². The Morgan fingerprint density at radius 3 is 2.47 bits per heavy atom. The Morgan fingerprint density at radius 2 is 1.79 bits per heavy atom. The van der Waals surface area contributed by atoms with Crippen LogP contribution >= 0.6 is 34.8 Å². The normalized spacial score (nSPS) is 10.0. The van der Waals surface area contributed by atoms with E-state index in [-0.39, 0.29) is 6.61 Å². The highest BCUT2D eigenvalue weighted by molar-refractivity contribution is 6.34. The van der Waals surface area contributed by atoms with Crippen LogP contribution in [-0.4, -0.2) is 0 Å². The van der Waals surface area contributed by atoms with Crippen LogP contribution in [0.15, 0.2) is 36.4 Å². The second kappa shape index (κ2) is 6.16. The van der Waals surface area contributed by atoms with Crippen LogP contribution in [0.4, 0.5) is 0 Å². The predicted molar refractivity (Wildman–Crippen MR) is 77.0 cm³/mol. The monoisotopic (exact) mass is 311 g/mol. The van der Waals surface area contributed by atoms with Crippen molar-refractivity contribution >= 4 is 34.8 Å². The van der Waals surface area contributed by atoms with E-state index < -0.39 is 0 Å². The molecule has 0 saturated heterocycles. The molecule has 0 radical (unpaired) electrons. The molecule has 0 aliphatic rings. The summed E-state index contributed by atoms with van der Waals surface area (Å²) < 4.78 is 5.57. The van der Waals surface area contributed by atoms with Crippen molar-refractivity contribution in [2.24, 2.45) is 0 Å². The zero-order valence-corrected chi connectivity index (χ0v) is 11.9. The molecule has 96 valence electrons. The second-order valence-corrected chi connectivity index (χ2v) is 5.03. The van der Waals surface area contributed by atoms with E-state index in [0.29, 0.717) is 26.4 Å². The third kappa shape index (κ3) is 3.54. The standard InChI is InChI=1S/C14H8Cl3NO/c15-11-3-4-12(16)14(6-11)19-8-10-2-1-9(7-18)5-13(10)17/h1-6H,8H2. The minimum atomic E-state index is 0.255. The van der Waals surface area contributed by atoms with Crippen LogP contribution < -0.4 is 4.74 Å². The quantitative estimate of drug-likeness (QED) is 0.790. The molecule has 0 bridgehead atoms. The Morgan fingerprint density at radius 1 is 1.00 bits per heavy atom. The molecule has 2 aromatic carbocycles. The highest BCUT2D eigenvalue weighted by Gasteiger charge is 2.06. The van der Waals surface area contributed by atoms with Crippen LogP contribution in [0.5, 0.6) is 5.75 Å². The molecule has 0 heterocycles. The molecule has 0 atom stereocenters. The molecule has 0 amide bonds. The predicted octanol–water partition coefficient (Wildman–Crippen LogP) is 5.10. The molecule has 0 N–H and O–H groups in total. The molecule has 0 spiro atoms. The maximum absolute atomic E-state index is 8.76. The molecule has 5 heteroatoms. The van der Waals surface area contributed by atoms with Crippen molar-refractivity contribution in [1.82, 2.24) is 0 Å². The first kappa shape index (κ1) is 14.0. The van der Waals surface area contributed by atoms with Gasteiger partial charge in [0.15, 0.2) is 0 Å². The van der Waals surface area contributed by atoms with E-state index in [1.165, 1.54) is 0 Å². The van der Waals surface area contributed by atoms with Gasteiger partial charge in [0.1, 0.15) is 12.4 Å². The van der Waals surface area contributed by atoms with Gasteiger partial charge in [0.25, 0.3) is 0 Å². The number of benzene rings is 2. The number of hydrogen-bond donors (Lipinski definition) is 0. The Balaban J connectivity index is 2.15. The highest BCUT2D eigenvalue weighted by Crippen LogP contribution is 2.29. The smallest absolute Gasteiger partial charge is 0.139 e. The molecular formula is C14H8Cl3NO. The number of nitriles is 1. The van der Waals surface area contributed by atoms with Crippen molar-refractivity contribution in [3.8, 4) is 11.8 Å². The van der Waals surface area contributed by atoms with E-state index in [0.717, 1.165) is 5.56 Å². The van der Waals surface area contributed by atoms with Crippen LogP contribution in [0.25, 0.3) is 0 Å². The lowest BCUT2D eigenvalue weighted by Crippen LogP contribution is -1.97. The molecule has 0 aromatic heterocycles. The molecular weight excluding hydrogens is 305 g/mol. The zero-order chi connectivity index (χ0) is 13.8.